The lowest BCUT2D eigenvalue weighted by atomic mass is 10.1. The van der Waals surface area contributed by atoms with Gasteiger partial charge >= 0.3 is 0 Å². The number of amides is 1. The Morgan fingerprint density at radius 1 is 1.28 bits per heavy atom. The molecule has 2 heterocycles. The summed E-state index contributed by atoms with van der Waals surface area (Å²) in [6.07, 6.45) is 1.59. The molecular weight excluding hydrogens is 362 g/mol. The maximum Gasteiger partial charge on any atom is 0.278 e. The number of sulfonamides is 1. The molecule has 25 heavy (non-hydrogen) atoms. The van der Waals surface area contributed by atoms with Crippen molar-refractivity contribution < 1.29 is 18.3 Å². The molecule has 0 fully saturated rings. The minimum atomic E-state index is -3.90. The van der Waals surface area contributed by atoms with E-state index in [2.05, 4.69) is 10.3 Å². The number of likely N-dealkylation sites (N-methyl/N-ethyl adjacent to an activating group) is 1. The number of nitrogens with zero attached hydrogens (tertiary/aromatic N) is 2. The zero-order valence-corrected chi connectivity index (χ0v) is 15.9. The molecule has 0 unspecified atom stereocenters. The normalized spacial score (nSPS) is 15.1. The van der Waals surface area contributed by atoms with Crippen molar-refractivity contribution in [2.45, 2.75) is 25.7 Å². The minimum Gasteiger partial charge on any atom is -0.505 e. The number of hydrogen-bond acceptors (Lipinski definition) is 6. The molecule has 0 saturated heterocycles. The fraction of sp³-hybridized carbons (Fsp3) is 0.250. The summed E-state index contributed by atoms with van der Waals surface area (Å²) in [5, 5.41) is 13.2. The highest BCUT2D eigenvalue weighted by Crippen LogP contribution is 2.34. The van der Waals surface area contributed by atoms with Gasteiger partial charge in [0.15, 0.2) is 16.6 Å². The van der Waals surface area contributed by atoms with E-state index < -0.39 is 15.9 Å². The fourth-order valence-electron chi connectivity index (χ4n) is 2.25. The van der Waals surface area contributed by atoms with Crippen molar-refractivity contribution in [3.8, 4) is 0 Å². The molecule has 9 heteroatoms. The fourth-order valence-corrected chi connectivity index (χ4v) is 4.31. The van der Waals surface area contributed by atoms with E-state index in [1.54, 1.807) is 18.3 Å². The molecule has 134 valence electrons. The Morgan fingerprint density at radius 2 is 1.92 bits per heavy atom. The van der Waals surface area contributed by atoms with Gasteiger partial charge in [-0.25, -0.2) is 13.4 Å². The van der Waals surface area contributed by atoms with Crippen LogP contribution in [0.5, 0.6) is 0 Å². The summed E-state index contributed by atoms with van der Waals surface area (Å²) in [6, 6.07) is 5.99. The molecule has 0 radical (unpaired) electrons. The molecule has 1 aliphatic heterocycles. The van der Waals surface area contributed by atoms with Crippen LogP contribution in [-0.4, -0.2) is 35.8 Å². The largest absolute Gasteiger partial charge is 0.505 e. The number of thiazole rings is 1. The van der Waals surface area contributed by atoms with Crippen molar-refractivity contribution in [3.05, 3.63) is 46.6 Å². The minimum absolute atomic E-state index is 0.0401. The van der Waals surface area contributed by atoms with Crippen LogP contribution in [0.15, 0.2) is 41.1 Å². The standard InChI is InChI=1S/C14H13N3O4S2.C2H6/c1-8-7-15-14(22-8)16-13(19)11-12(18)9-5-3-4-6-10(9)23(20,21)17(11)2;1-2/h3-7,18H,1-2H3,(H,15,16,19);1-2H3. The van der Waals surface area contributed by atoms with E-state index in [4.69, 9.17) is 0 Å². The first-order valence-electron chi connectivity index (χ1n) is 7.57. The van der Waals surface area contributed by atoms with Gasteiger partial charge in [-0.05, 0) is 19.1 Å². The monoisotopic (exact) mass is 381 g/mol. The highest BCUT2D eigenvalue weighted by Gasteiger charge is 2.37. The number of nitrogens with one attached hydrogen (secondary N) is 1. The molecule has 2 aromatic rings. The van der Waals surface area contributed by atoms with Crippen LogP contribution in [0.1, 0.15) is 24.3 Å². The van der Waals surface area contributed by atoms with E-state index in [1.807, 2.05) is 20.8 Å². The van der Waals surface area contributed by atoms with E-state index in [9.17, 15) is 18.3 Å². The topological polar surface area (TPSA) is 99.6 Å². The molecule has 0 aliphatic carbocycles. The van der Waals surface area contributed by atoms with Gasteiger partial charge in [-0.3, -0.25) is 14.4 Å². The summed E-state index contributed by atoms with van der Waals surface area (Å²) >= 11 is 1.25. The Hall–Kier alpha value is -2.39. The van der Waals surface area contributed by atoms with Gasteiger partial charge in [-0.1, -0.05) is 26.0 Å². The van der Waals surface area contributed by atoms with E-state index in [0.29, 0.717) is 5.13 Å². The predicted molar refractivity (Wildman–Crippen MR) is 97.8 cm³/mol. The van der Waals surface area contributed by atoms with Crippen LogP contribution in [0.2, 0.25) is 0 Å². The number of aliphatic hydroxyl groups is 1. The van der Waals surface area contributed by atoms with Crippen LogP contribution in [0.25, 0.3) is 5.76 Å². The Balaban J connectivity index is 0.00000109. The number of aliphatic hydroxyl groups excluding tert-OH is 1. The van der Waals surface area contributed by atoms with Crippen LogP contribution in [0.4, 0.5) is 5.13 Å². The summed E-state index contributed by atoms with van der Waals surface area (Å²) in [4.78, 5) is 17.3. The predicted octanol–water partition coefficient (Wildman–Crippen LogP) is 2.98. The smallest absolute Gasteiger partial charge is 0.278 e. The third kappa shape index (κ3) is 3.38. The van der Waals surface area contributed by atoms with Gasteiger partial charge < -0.3 is 5.11 Å². The van der Waals surface area contributed by atoms with Crippen LogP contribution >= 0.6 is 11.3 Å². The van der Waals surface area contributed by atoms with Crippen molar-refractivity contribution >= 4 is 38.2 Å². The molecule has 7 nitrogen and oxygen atoms in total. The van der Waals surface area contributed by atoms with Crippen LogP contribution in [0.3, 0.4) is 0 Å². The molecule has 1 aromatic carbocycles. The summed E-state index contributed by atoms with van der Waals surface area (Å²) in [7, 11) is -2.67. The number of hydrogen-bond donors (Lipinski definition) is 2. The number of aryl methyl sites for hydroxylation is 1. The molecule has 1 amide bonds. The van der Waals surface area contributed by atoms with Gasteiger partial charge in [0.25, 0.3) is 15.9 Å². The van der Waals surface area contributed by atoms with Gasteiger partial charge in [-0.2, -0.15) is 0 Å². The highest BCUT2D eigenvalue weighted by molar-refractivity contribution is 7.89. The number of fused-ring (bicyclic) bond motifs is 1. The Bertz CT molecular complexity index is 932. The number of aromatic nitrogens is 1. The molecule has 0 saturated carbocycles. The summed E-state index contributed by atoms with van der Waals surface area (Å²) in [5.41, 5.74) is -0.234. The van der Waals surface area contributed by atoms with Crippen LogP contribution < -0.4 is 5.32 Å². The SMILES string of the molecule is CC.Cc1cnc(NC(=O)C2=C(O)c3ccccc3S(=O)(=O)N2C)s1. The highest BCUT2D eigenvalue weighted by atomic mass is 32.2. The van der Waals surface area contributed by atoms with Gasteiger partial charge in [0.2, 0.25) is 0 Å². The number of carbonyl (C=O) groups is 1. The summed E-state index contributed by atoms with van der Waals surface area (Å²) < 4.78 is 25.8. The average molecular weight is 381 g/mol. The van der Waals surface area contributed by atoms with Crippen molar-refractivity contribution in [1.82, 2.24) is 9.29 Å². The second kappa shape index (κ2) is 7.24. The summed E-state index contributed by atoms with van der Waals surface area (Å²) in [6.45, 7) is 5.83. The van der Waals surface area contributed by atoms with Crippen molar-refractivity contribution in [3.63, 3.8) is 0 Å². The molecule has 3 rings (SSSR count). The van der Waals surface area contributed by atoms with E-state index in [0.717, 1.165) is 9.18 Å². The zero-order chi connectivity index (χ0) is 18.8. The van der Waals surface area contributed by atoms with E-state index >= 15 is 0 Å². The first-order valence-corrected chi connectivity index (χ1v) is 9.83. The van der Waals surface area contributed by atoms with E-state index in [-0.39, 0.29) is 21.9 Å². The van der Waals surface area contributed by atoms with Crippen LogP contribution in [0, 0.1) is 6.92 Å². The second-order valence-electron chi connectivity index (χ2n) is 4.90. The maximum absolute atomic E-state index is 12.5. The number of benzene rings is 1. The van der Waals surface area contributed by atoms with Gasteiger partial charge in [0.1, 0.15) is 0 Å². The first kappa shape index (κ1) is 18.9. The molecule has 2 N–H and O–H groups in total. The zero-order valence-electron chi connectivity index (χ0n) is 14.3. The van der Waals surface area contributed by atoms with Crippen molar-refractivity contribution in [2.75, 3.05) is 12.4 Å². The lowest BCUT2D eigenvalue weighted by molar-refractivity contribution is -0.113. The molecule has 1 aliphatic rings. The quantitative estimate of drug-likeness (QED) is 0.833. The Labute approximate surface area is 150 Å². The molecule has 0 bridgehead atoms. The summed E-state index contributed by atoms with van der Waals surface area (Å²) in [5.74, 6) is -1.12. The lowest BCUT2D eigenvalue weighted by Crippen LogP contribution is -2.37. The molecule has 1 aromatic heterocycles. The lowest BCUT2D eigenvalue weighted by Gasteiger charge is -2.28. The second-order valence-corrected chi connectivity index (χ2v) is 8.07. The molecular formula is C16H19N3O4S2. The Kier molecular flexibility index (Phi) is 5.48. The average Bonchev–Trinajstić information content (AvgIpc) is 3.00. The number of carbonyl (C=O) groups excluding carboxylic acids is 1. The molecule has 0 spiro atoms. The third-order valence-electron chi connectivity index (χ3n) is 3.38. The third-order valence-corrected chi connectivity index (χ3v) is 6.02. The molecule has 0 atom stereocenters. The maximum atomic E-state index is 12.5. The van der Waals surface area contributed by atoms with Crippen molar-refractivity contribution in [1.29, 1.82) is 0 Å². The van der Waals surface area contributed by atoms with Crippen molar-refractivity contribution in [2.24, 2.45) is 0 Å². The Morgan fingerprint density at radius 3 is 2.52 bits per heavy atom. The van der Waals surface area contributed by atoms with Gasteiger partial charge in [0, 0.05) is 23.7 Å². The van der Waals surface area contributed by atoms with Gasteiger partial charge in [-0.15, -0.1) is 11.3 Å². The number of anilines is 1. The first-order chi connectivity index (χ1) is 11.8. The van der Waals surface area contributed by atoms with Gasteiger partial charge in [0.05, 0.1) is 4.90 Å². The van der Waals surface area contributed by atoms with E-state index in [1.165, 1.54) is 30.5 Å². The number of rotatable bonds is 2. The van der Waals surface area contributed by atoms with Crippen LogP contribution in [-0.2, 0) is 14.8 Å².